The molecule has 0 aliphatic carbocycles. The molecule has 0 fully saturated rings. The van der Waals surface area contributed by atoms with E-state index in [1.807, 2.05) is 65.2 Å². The van der Waals surface area contributed by atoms with Gasteiger partial charge in [-0.25, -0.2) is 9.97 Å². The van der Waals surface area contributed by atoms with Crippen LogP contribution in [0.15, 0.2) is 85.3 Å². The van der Waals surface area contributed by atoms with Gasteiger partial charge < -0.3 is 20.3 Å². The zero-order valence-electron chi connectivity index (χ0n) is 19.3. The first-order valence-electron chi connectivity index (χ1n) is 11.4. The Labute approximate surface area is 203 Å². The van der Waals surface area contributed by atoms with E-state index in [0.29, 0.717) is 29.8 Å². The molecule has 0 aliphatic rings. The van der Waals surface area contributed by atoms with Gasteiger partial charge in [-0.15, -0.1) is 0 Å². The fraction of sp³-hybridized carbons (Fsp3) is 0.143. The van der Waals surface area contributed by atoms with Crippen LogP contribution in [0.3, 0.4) is 0 Å². The number of ether oxygens (including phenoxy) is 1. The minimum atomic E-state index is 0.0807. The largest absolute Gasteiger partial charge is 0.504 e. The SMILES string of the molecule is COc1ccc(-n2cnc3cnc(-c4ccc(-c5ccccc5CNCCO)cc4)c(O)c32)cc1. The van der Waals surface area contributed by atoms with Gasteiger partial charge in [-0.05, 0) is 41.0 Å². The Morgan fingerprint density at radius 2 is 1.66 bits per heavy atom. The Balaban J connectivity index is 1.49. The number of nitrogens with zero attached hydrogens (tertiary/aromatic N) is 3. The van der Waals surface area contributed by atoms with Crippen LogP contribution in [0.25, 0.3) is 39.1 Å². The lowest BCUT2D eigenvalue weighted by atomic mass is 9.97. The van der Waals surface area contributed by atoms with Crippen molar-refractivity contribution in [3.05, 3.63) is 90.9 Å². The molecule has 0 spiro atoms. The summed E-state index contributed by atoms with van der Waals surface area (Å²) in [5.74, 6) is 0.841. The van der Waals surface area contributed by atoms with E-state index in [1.165, 1.54) is 0 Å². The second kappa shape index (κ2) is 9.97. The third-order valence-corrected chi connectivity index (χ3v) is 6.00. The highest BCUT2D eigenvalue weighted by atomic mass is 16.5. The number of hydrogen-bond donors (Lipinski definition) is 3. The molecular formula is C28H26N4O3. The van der Waals surface area contributed by atoms with Gasteiger partial charge in [0.1, 0.15) is 28.8 Å². The van der Waals surface area contributed by atoms with Crippen molar-refractivity contribution in [1.29, 1.82) is 0 Å². The molecule has 7 nitrogen and oxygen atoms in total. The highest BCUT2D eigenvalue weighted by molar-refractivity contribution is 5.89. The van der Waals surface area contributed by atoms with Crippen molar-refractivity contribution in [2.24, 2.45) is 0 Å². The Kier molecular flexibility index (Phi) is 6.43. The monoisotopic (exact) mass is 466 g/mol. The predicted octanol–water partition coefficient (Wildman–Crippen LogP) is 4.55. The van der Waals surface area contributed by atoms with Crippen LogP contribution >= 0.6 is 0 Å². The molecule has 0 aliphatic heterocycles. The van der Waals surface area contributed by atoms with E-state index < -0.39 is 0 Å². The standard InChI is InChI=1S/C28H26N4O3/c1-35-23-12-10-22(11-13-23)32-18-31-25-17-30-26(28(34)27(25)32)20-8-6-19(7-9-20)24-5-3-2-4-21(24)16-29-14-15-33/h2-13,17-18,29,33-34H,14-16H2,1H3. The van der Waals surface area contributed by atoms with E-state index in [4.69, 9.17) is 9.84 Å². The van der Waals surface area contributed by atoms with Crippen molar-refractivity contribution in [1.82, 2.24) is 19.9 Å². The molecule has 0 bridgehead atoms. The minimum absolute atomic E-state index is 0.0807. The lowest BCUT2D eigenvalue weighted by molar-refractivity contribution is 0.292. The van der Waals surface area contributed by atoms with E-state index in [1.54, 1.807) is 19.6 Å². The van der Waals surface area contributed by atoms with Gasteiger partial charge in [0.2, 0.25) is 0 Å². The average molecular weight is 467 g/mol. The molecule has 2 heterocycles. The quantitative estimate of drug-likeness (QED) is 0.291. The van der Waals surface area contributed by atoms with Crippen LogP contribution in [-0.4, -0.2) is 45.0 Å². The number of imidazole rings is 1. The van der Waals surface area contributed by atoms with E-state index in [-0.39, 0.29) is 12.4 Å². The van der Waals surface area contributed by atoms with Crippen LogP contribution in [0.2, 0.25) is 0 Å². The van der Waals surface area contributed by atoms with E-state index in [9.17, 15) is 5.11 Å². The maximum atomic E-state index is 11.2. The molecule has 3 aromatic carbocycles. The predicted molar refractivity (Wildman–Crippen MR) is 137 cm³/mol. The number of pyridine rings is 1. The van der Waals surface area contributed by atoms with E-state index in [2.05, 4.69) is 27.4 Å². The van der Waals surface area contributed by atoms with Gasteiger partial charge in [-0.2, -0.15) is 0 Å². The second-order valence-electron chi connectivity index (χ2n) is 8.14. The van der Waals surface area contributed by atoms with Crippen LogP contribution in [0.1, 0.15) is 5.56 Å². The van der Waals surface area contributed by atoms with Gasteiger partial charge in [-0.1, -0.05) is 48.5 Å². The maximum absolute atomic E-state index is 11.2. The number of nitrogens with one attached hydrogen (secondary N) is 1. The summed E-state index contributed by atoms with van der Waals surface area (Å²) < 4.78 is 7.10. The fourth-order valence-electron chi connectivity index (χ4n) is 4.21. The first-order chi connectivity index (χ1) is 17.2. The summed E-state index contributed by atoms with van der Waals surface area (Å²) in [4.78, 5) is 8.92. The maximum Gasteiger partial charge on any atom is 0.168 e. The second-order valence-corrected chi connectivity index (χ2v) is 8.14. The van der Waals surface area contributed by atoms with Crippen molar-refractivity contribution in [3.8, 4) is 39.6 Å². The topological polar surface area (TPSA) is 92.4 Å². The summed E-state index contributed by atoms with van der Waals surface area (Å²) in [7, 11) is 1.63. The Bertz CT molecular complexity index is 1440. The van der Waals surface area contributed by atoms with Gasteiger partial charge in [0.25, 0.3) is 0 Å². The molecule has 35 heavy (non-hydrogen) atoms. The highest BCUT2D eigenvalue weighted by Gasteiger charge is 2.16. The molecule has 2 aromatic heterocycles. The molecule has 3 N–H and O–H groups in total. The minimum Gasteiger partial charge on any atom is -0.504 e. The van der Waals surface area contributed by atoms with Crippen LogP contribution in [0.5, 0.6) is 11.5 Å². The van der Waals surface area contributed by atoms with Crippen LogP contribution in [-0.2, 0) is 6.54 Å². The number of benzene rings is 3. The molecule has 0 radical (unpaired) electrons. The number of aliphatic hydroxyl groups is 1. The van der Waals surface area contributed by atoms with Crippen LogP contribution in [0, 0.1) is 0 Å². The van der Waals surface area contributed by atoms with Gasteiger partial charge in [0, 0.05) is 24.3 Å². The normalized spacial score (nSPS) is 11.1. The zero-order valence-corrected chi connectivity index (χ0v) is 19.3. The number of hydrogen-bond acceptors (Lipinski definition) is 6. The van der Waals surface area contributed by atoms with Crippen molar-refractivity contribution in [2.75, 3.05) is 20.3 Å². The van der Waals surface area contributed by atoms with Crippen molar-refractivity contribution < 1.29 is 14.9 Å². The zero-order chi connectivity index (χ0) is 24.2. The Morgan fingerprint density at radius 1 is 0.914 bits per heavy atom. The van der Waals surface area contributed by atoms with Crippen molar-refractivity contribution in [2.45, 2.75) is 6.54 Å². The number of aromatic hydroxyl groups is 1. The molecule has 7 heteroatoms. The summed E-state index contributed by atoms with van der Waals surface area (Å²) >= 11 is 0. The van der Waals surface area contributed by atoms with E-state index in [0.717, 1.165) is 33.7 Å². The molecule has 0 saturated heterocycles. The first kappa shape index (κ1) is 22.6. The Hall–Kier alpha value is -4.20. The van der Waals surface area contributed by atoms with Crippen molar-refractivity contribution in [3.63, 3.8) is 0 Å². The third kappa shape index (κ3) is 4.47. The molecular weight excluding hydrogens is 440 g/mol. The van der Waals surface area contributed by atoms with Crippen LogP contribution in [0.4, 0.5) is 0 Å². The number of methoxy groups -OCH3 is 1. The fourth-order valence-corrected chi connectivity index (χ4v) is 4.21. The molecule has 0 amide bonds. The van der Waals surface area contributed by atoms with Gasteiger partial charge in [-0.3, -0.25) is 4.57 Å². The number of rotatable bonds is 8. The van der Waals surface area contributed by atoms with E-state index >= 15 is 0 Å². The molecule has 0 atom stereocenters. The summed E-state index contributed by atoms with van der Waals surface area (Å²) in [5.41, 5.74) is 6.73. The van der Waals surface area contributed by atoms with Crippen LogP contribution < -0.4 is 10.1 Å². The molecule has 5 rings (SSSR count). The number of aliphatic hydroxyl groups excluding tert-OH is 1. The van der Waals surface area contributed by atoms with Gasteiger partial charge >= 0.3 is 0 Å². The summed E-state index contributed by atoms with van der Waals surface area (Å²) in [6.07, 6.45) is 3.36. The third-order valence-electron chi connectivity index (χ3n) is 6.00. The summed E-state index contributed by atoms with van der Waals surface area (Å²) in [6, 6.07) is 23.8. The smallest absolute Gasteiger partial charge is 0.168 e. The lowest BCUT2D eigenvalue weighted by Crippen LogP contribution is -2.17. The average Bonchev–Trinajstić information content (AvgIpc) is 3.35. The van der Waals surface area contributed by atoms with Gasteiger partial charge in [0.05, 0.1) is 19.9 Å². The molecule has 176 valence electrons. The van der Waals surface area contributed by atoms with Gasteiger partial charge in [0.15, 0.2) is 5.75 Å². The molecule has 5 aromatic rings. The first-order valence-corrected chi connectivity index (χ1v) is 11.4. The van der Waals surface area contributed by atoms with Crippen molar-refractivity contribution >= 4 is 11.0 Å². The number of aromatic nitrogens is 3. The molecule has 0 saturated carbocycles. The highest BCUT2D eigenvalue weighted by Crippen LogP contribution is 2.36. The summed E-state index contributed by atoms with van der Waals surface area (Å²) in [5, 5.41) is 23.5. The number of fused-ring (bicyclic) bond motifs is 1. The summed E-state index contributed by atoms with van der Waals surface area (Å²) in [6.45, 7) is 1.33. The Morgan fingerprint density at radius 3 is 2.40 bits per heavy atom. The lowest BCUT2D eigenvalue weighted by Gasteiger charge is -2.12. The molecule has 0 unspecified atom stereocenters.